The van der Waals surface area contributed by atoms with Gasteiger partial charge >= 0.3 is 5.97 Å². The molecule has 0 spiro atoms. The number of hydrogen-bond acceptors (Lipinski definition) is 2. The van der Waals surface area contributed by atoms with Gasteiger partial charge in [-0.15, -0.1) is 0 Å². The number of fused-ring (bicyclic) bond motifs is 2. The normalized spacial score (nSPS) is 40.1. The third kappa shape index (κ3) is 1.67. The van der Waals surface area contributed by atoms with Gasteiger partial charge in [-0.05, 0) is 50.9 Å². The Morgan fingerprint density at radius 3 is 2.79 bits per heavy atom. The van der Waals surface area contributed by atoms with Gasteiger partial charge in [0.1, 0.15) is 5.60 Å². The summed E-state index contributed by atoms with van der Waals surface area (Å²) in [6, 6.07) is 0. The van der Waals surface area contributed by atoms with E-state index in [-0.39, 0.29) is 11.6 Å². The van der Waals surface area contributed by atoms with Gasteiger partial charge in [0.25, 0.3) is 0 Å². The maximum Gasteiger partial charge on any atom is 0.306 e. The first-order valence-corrected chi connectivity index (χ1v) is 5.86. The number of rotatable bonds is 3. The van der Waals surface area contributed by atoms with Crippen LogP contribution in [0, 0.1) is 11.8 Å². The Balaban J connectivity index is 1.93. The van der Waals surface area contributed by atoms with Crippen LogP contribution in [0.4, 0.5) is 0 Å². The second-order valence-electron chi connectivity index (χ2n) is 5.12. The standard InChI is InChI=1S/C12H20O2/c1-3-4-11(13)14-12(2)8-9-5-6-10(12)7-9/h9-10H,3-8H2,1-2H3. The molecule has 0 aliphatic heterocycles. The molecule has 80 valence electrons. The molecule has 0 heterocycles. The highest BCUT2D eigenvalue weighted by Crippen LogP contribution is 2.52. The van der Waals surface area contributed by atoms with Gasteiger partial charge < -0.3 is 4.74 Å². The minimum absolute atomic E-state index is 0.00236. The van der Waals surface area contributed by atoms with Crippen molar-refractivity contribution in [1.29, 1.82) is 0 Å². The zero-order chi connectivity index (χ0) is 10.2. The third-order valence-corrected chi connectivity index (χ3v) is 3.90. The molecule has 0 aromatic carbocycles. The molecule has 3 unspecified atom stereocenters. The summed E-state index contributed by atoms with van der Waals surface area (Å²) in [6.45, 7) is 4.15. The number of carbonyl (C=O) groups excluding carboxylic acids is 1. The Labute approximate surface area is 86.0 Å². The predicted molar refractivity (Wildman–Crippen MR) is 54.9 cm³/mol. The van der Waals surface area contributed by atoms with Gasteiger partial charge in [0, 0.05) is 6.42 Å². The largest absolute Gasteiger partial charge is 0.459 e. The Bertz CT molecular complexity index is 236. The minimum atomic E-state index is -0.116. The molecular weight excluding hydrogens is 176 g/mol. The lowest BCUT2D eigenvalue weighted by Gasteiger charge is -2.33. The highest BCUT2D eigenvalue weighted by molar-refractivity contribution is 5.69. The van der Waals surface area contributed by atoms with E-state index in [1.54, 1.807) is 0 Å². The summed E-state index contributed by atoms with van der Waals surface area (Å²) in [5, 5.41) is 0. The summed E-state index contributed by atoms with van der Waals surface area (Å²) in [7, 11) is 0. The quantitative estimate of drug-likeness (QED) is 0.649. The highest BCUT2D eigenvalue weighted by atomic mass is 16.6. The molecule has 14 heavy (non-hydrogen) atoms. The number of hydrogen-bond donors (Lipinski definition) is 0. The minimum Gasteiger partial charge on any atom is -0.459 e. The van der Waals surface area contributed by atoms with Crippen LogP contribution in [0.1, 0.15) is 52.4 Å². The SMILES string of the molecule is CCCC(=O)OC1(C)CC2CCC1C2. The molecule has 3 atom stereocenters. The average Bonchev–Trinajstić information content (AvgIpc) is 2.62. The van der Waals surface area contributed by atoms with Crippen molar-refractivity contribution < 1.29 is 9.53 Å². The van der Waals surface area contributed by atoms with Crippen LogP contribution in [-0.2, 0) is 9.53 Å². The van der Waals surface area contributed by atoms with Crippen molar-refractivity contribution in [2.24, 2.45) is 11.8 Å². The molecular formula is C12H20O2. The monoisotopic (exact) mass is 196 g/mol. The number of ether oxygens (including phenoxy) is 1. The Morgan fingerprint density at radius 2 is 2.29 bits per heavy atom. The Morgan fingerprint density at radius 1 is 1.50 bits per heavy atom. The topological polar surface area (TPSA) is 26.3 Å². The van der Waals surface area contributed by atoms with Crippen LogP contribution in [-0.4, -0.2) is 11.6 Å². The zero-order valence-corrected chi connectivity index (χ0v) is 9.21. The molecule has 2 aliphatic rings. The molecule has 0 amide bonds. The lowest BCUT2D eigenvalue weighted by Crippen LogP contribution is -2.37. The molecule has 2 heteroatoms. The molecule has 2 saturated carbocycles. The summed E-state index contributed by atoms with van der Waals surface area (Å²) in [5.41, 5.74) is -0.116. The number of esters is 1. The van der Waals surface area contributed by atoms with Crippen molar-refractivity contribution >= 4 is 5.97 Å². The van der Waals surface area contributed by atoms with E-state index in [4.69, 9.17) is 4.74 Å². The van der Waals surface area contributed by atoms with E-state index in [1.165, 1.54) is 19.3 Å². The molecule has 2 bridgehead atoms. The van der Waals surface area contributed by atoms with Crippen LogP contribution in [0.3, 0.4) is 0 Å². The molecule has 0 radical (unpaired) electrons. The second-order valence-corrected chi connectivity index (χ2v) is 5.12. The summed E-state index contributed by atoms with van der Waals surface area (Å²) in [6.07, 6.45) is 6.48. The van der Waals surface area contributed by atoms with Crippen LogP contribution in [0.5, 0.6) is 0 Å². The third-order valence-electron chi connectivity index (χ3n) is 3.90. The van der Waals surface area contributed by atoms with Crippen molar-refractivity contribution in [3.05, 3.63) is 0 Å². The van der Waals surface area contributed by atoms with Crippen LogP contribution >= 0.6 is 0 Å². The summed E-state index contributed by atoms with van der Waals surface area (Å²) < 4.78 is 5.63. The van der Waals surface area contributed by atoms with E-state index < -0.39 is 0 Å². The van der Waals surface area contributed by atoms with E-state index in [0.717, 1.165) is 18.8 Å². The molecule has 2 rings (SSSR count). The van der Waals surface area contributed by atoms with Crippen molar-refractivity contribution in [2.75, 3.05) is 0 Å². The molecule has 0 aromatic heterocycles. The van der Waals surface area contributed by atoms with E-state index in [0.29, 0.717) is 12.3 Å². The van der Waals surface area contributed by atoms with Crippen LogP contribution in [0.25, 0.3) is 0 Å². The predicted octanol–water partition coefficient (Wildman–Crippen LogP) is 2.91. The van der Waals surface area contributed by atoms with Gasteiger partial charge in [-0.25, -0.2) is 0 Å². The fraction of sp³-hybridized carbons (Fsp3) is 0.917. The summed E-state index contributed by atoms with van der Waals surface area (Å²) >= 11 is 0. The lowest BCUT2D eigenvalue weighted by atomic mass is 9.86. The molecule has 2 fully saturated rings. The van der Waals surface area contributed by atoms with Crippen molar-refractivity contribution in [3.63, 3.8) is 0 Å². The maximum absolute atomic E-state index is 11.5. The van der Waals surface area contributed by atoms with Crippen LogP contribution in [0.2, 0.25) is 0 Å². The fourth-order valence-corrected chi connectivity index (χ4v) is 3.20. The molecule has 0 aromatic rings. The van der Waals surface area contributed by atoms with Gasteiger partial charge in [0.2, 0.25) is 0 Å². The van der Waals surface area contributed by atoms with Crippen molar-refractivity contribution in [1.82, 2.24) is 0 Å². The Hall–Kier alpha value is -0.530. The first kappa shape index (κ1) is 10.0. The lowest BCUT2D eigenvalue weighted by molar-refractivity contribution is -0.163. The van der Waals surface area contributed by atoms with Crippen LogP contribution in [0.15, 0.2) is 0 Å². The fourth-order valence-electron chi connectivity index (χ4n) is 3.20. The van der Waals surface area contributed by atoms with E-state index in [2.05, 4.69) is 6.92 Å². The summed E-state index contributed by atoms with van der Waals surface area (Å²) in [5.74, 6) is 1.48. The highest BCUT2D eigenvalue weighted by Gasteiger charge is 2.50. The molecule has 0 saturated heterocycles. The van der Waals surface area contributed by atoms with E-state index in [9.17, 15) is 4.79 Å². The molecule has 2 aliphatic carbocycles. The molecule has 0 N–H and O–H groups in total. The average molecular weight is 196 g/mol. The van der Waals surface area contributed by atoms with Gasteiger partial charge in [0.05, 0.1) is 0 Å². The number of carbonyl (C=O) groups is 1. The van der Waals surface area contributed by atoms with E-state index >= 15 is 0 Å². The van der Waals surface area contributed by atoms with Gasteiger partial charge in [-0.1, -0.05) is 6.92 Å². The van der Waals surface area contributed by atoms with Gasteiger partial charge in [-0.3, -0.25) is 4.79 Å². The first-order valence-electron chi connectivity index (χ1n) is 5.86. The van der Waals surface area contributed by atoms with Crippen molar-refractivity contribution in [2.45, 2.75) is 58.0 Å². The zero-order valence-electron chi connectivity index (χ0n) is 9.21. The van der Waals surface area contributed by atoms with E-state index in [1.807, 2.05) is 6.92 Å². The van der Waals surface area contributed by atoms with Gasteiger partial charge in [0.15, 0.2) is 0 Å². The Kier molecular flexibility index (Phi) is 2.54. The smallest absolute Gasteiger partial charge is 0.306 e. The second kappa shape index (κ2) is 3.56. The van der Waals surface area contributed by atoms with Crippen molar-refractivity contribution in [3.8, 4) is 0 Å². The van der Waals surface area contributed by atoms with Gasteiger partial charge in [-0.2, -0.15) is 0 Å². The maximum atomic E-state index is 11.5. The van der Waals surface area contributed by atoms with Crippen LogP contribution < -0.4 is 0 Å². The first-order chi connectivity index (χ1) is 6.64. The summed E-state index contributed by atoms with van der Waals surface area (Å²) in [4.78, 5) is 11.5. The molecule has 2 nitrogen and oxygen atoms in total.